The summed E-state index contributed by atoms with van der Waals surface area (Å²) < 4.78 is 6.85. The first kappa shape index (κ1) is 19.1. The normalized spacial score (nSPS) is 16.8. The molecule has 0 radical (unpaired) electrons. The minimum absolute atomic E-state index is 0.230. The highest BCUT2D eigenvalue weighted by Crippen LogP contribution is 2.30. The zero-order valence-electron chi connectivity index (χ0n) is 17.1. The van der Waals surface area contributed by atoms with Crippen molar-refractivity contribution in [2.75, 3.05) is 37.0 Å². The van der Waals surface area contributed by atoms with Crippen molar-refractivity contribution in [2.45, 2.75) is 19.9 Å². The van der Waals surface area contributed by atoms with Crippen molar-refractivity contribution in [3.05, 3.63) is 35.7 Å². The van der Waals surface area contributed by atoms with Gasteiger partial charge >= 0.3 is 6.01 Å². The Labute approximate surface area is 169 Å². The zero-order chi connectivity index (χ0) is 20.5. The van der Waals surface area contributed by atoms with Gasteiger partial charge in [0.1, 0.15) is 5.82 Å². The van der Waals surface area contributed by atoms with E-state index in [1.807, 2.05) is 25.1 Å². The maximum Gasteiger partial charge on any atom is 0.316 e. The first-order chi connectivity index (χ1) is 14.0. The fourth-order valence-electron chi connectivity index (χ4n) is 3.71. The molecule has 152 valence electrons. The molecule has 1 aromatic carbocycles. The van der Waals surface area contributed by atoms with E-state index in [1.165, 1.54) is 7.11 Å². The lowest BCUT2D eigenvalue weighted by Crippen LogP contribution is -2.49. The molecule has 9 nitrogen and oxygen atoms in total. The summed E-state index contributed by atoms with van der Waals surface area (Å²) in [6.07, 6.45) is 1.73. The van der Waals surface area contributed by atoms with Crippen molar-refractivity contribution < 1.29 is 9.53 Å². The van der Waals surface area contributed by atoms with Gasteiger partial charge in [0.05, 0.1) is 23.9 Å². The number of amides is 1. The summed E-state index contributed by atoms with van der Waals surface area (Å²) in [5.41, 5.74) is 2.88. The number of hydrogen-bond donors (Lipinski definition) is 2. The molecular weight excluding hydrogens is 370 g/mol. The number of aryl methyl sites for hydroxylation is 2. The molecule has 3 heterocycles. The Bertz CT molecular complexity index is 1060. The summed E-state index contributed by atoms with van der Waals surface area (Å²) >= 11 is 0. The van der Waals surface area contributed by atoms with Crippen LogP contribution in [-0.4, -0.2) is 58.4 Å². The molecule has 1 unspecified atom stereocenters. The van der Waals surface area contributed by atoms with Gasteiger partial charge in [-0.25, -0.2) is 4.98 Å². The average molecular weight is 395 g/mol. The number of hydrogen-bond acceptors (Lipinski definition) is 7. The van der Waals surface area contributed by atoms with Gasteiger partial charge in [-0.2, -0.15) is 10.1 Å². The number of carbonyl (C=O) groups excluding carboxylic acids is 1. The van der Waals surface area contributed by atoms with E-state index in [4.69, 9.17) is 4.74 Å². The molecule has 1 saturated heterocycles. The molecular formula is C20H25N7O2. The second-order valence-electron chi connectivity index (χ2n) is 7.30. The van der Waals surface area contributed by atoms with E-state index in [-0.39, 0.29) is 11.9 Å². The number of anilines is 2. The Morgan fingerprint density at radius 1 is 1.38 bits per heavy atom. The van der Waals surface area contributed by atoms with E-state index < -0.39 is 0 Å². The van der Waals surface area contributed by atoms with Crippen LogP contribution in [-0.2, 0) is 7.05 Å². The minimum atomic E-state index is -0.251. The summed E-state index contributed by atoms with van der Waals surface area (Å²) in [5, 5.41) is 11.5. The van der Waals surface area contributed by atoms with Crippen molar-refractivity contribution in [3.63, 3.8) is 0 Å². The third kappa shape index (κ3) is 3.73. The van der Waals surface area contributed by atoms with E-state index >= 15 is 0 Å². The fourth-order valence-corrected chi connectivity index (χ4v) is 3.71. The summed E-state index contributed by atoms with van der Waals surface area (Å²) in [5.74, 6) is 0.376. The molecule has 2 aromatic heterocycles. The molecule has 1 aliphatic heterocycles. The predicted octanol–water partition coefficient (Wildman–Crippen LogP) is 1.73. The van der Waals surface area contributed by atoms with Crippen molar-refractivity contribution >= 4 is 28.3 Å². The second kappa shape index (κ2) is 7.67. The first-order valence-corrected chi connectivity index (χ1v) is 9.60. The maximum absolute atomic E-state index is 13.1. The number of ether oxygens (including phenoxy) is 1. The van der Waals surface area contributed by atoms with Gasteiger partial charge in [0.25, 0.3) is 5.91 Å². The standard InChI is InChI=1S/C20H25N7O2/c1-12-9-17(26(3)25-12)23-19(28)14-5-6-16(27-8-7-21-13(2)11-27)15-10-22-20(29-4)24-18(14)15/h5-6,9-10,13,21H,7-8,11H2,1-4H3,(H,23,28). The highest BCUT2D eigenvalue weighted by atomic mass is 16.5. The number of methoxy groups -OCH3 is 1. The number of nitrogens with one attached hydrogen (secondary N) is 2. The quantitative estimate of drug-likeness (QED) is 0.694. The highest BCUT2D eigenvalue weighted by Gasteiger charge is 2.22. The zero-order valence-corrected chi connectivity index (χ0v) is 17.1. The lowest BCUT2D eigenvalue weighted by Gasteiger charge is -2.34. The van der Waals surface area contributed by atoms with E-state index in [1.54, 1.807) is 17.9 Å². The molecule has 2 N–H and O–H groups in total. The Morgan fingerprint density at radius 2 is 2.21 bits per heavy atom. The summed E-state index contributed by atoms with van der Waals surface area (Å²) in [6.45, 7) is 6.70. The Balaban J connectivity index is 1.77. The number of aromatic nitrogens is 4. The van der Waals surface area contributed by atoms with Crippen LogP contribution < -0.4 is 20.3 Å². The second-order valence-corrected chi connectivity index (χ2v) is 7.30. The molecule has 0 saturated carbocycles. The van der Waals surface area contributed by atoms with Crippen LogP contribution >= 0.6 is 0 Å². The van der Waals surface area contributed by atoms with Gasteiger partial charge in [-0.1, -0.05) is 0 Å². The van der Waals surface area contributed by atoms with E-state index in [9.17, 15) is 4.79 Å². The van der Waals surface area contributed by atoms with Gasteiger partial charge < -0.3 is 20.3 Å². The molecule has 1 atom stereocenters. The summed E-state index contributed by atoms with van der Waals surface area (Å²) in [6, 6.07) is 6.23. The maximum atomic E-state index is 13.1. The highest BCUT2D eigenvalue weighted by molar-refractivity contribution is 6.13. The molecule has 1 fully saturated rings. The van der Waals surface area contributed by atoms with Crippen molar-refractivity contribution in [1.29, 1.82) is 0 Å². The molecule has 1 amide bonds. The Kier molecular flexibility index (Phi) is 5.06. The van der Waals surface area contributed by atoms with E-state index in [2.05, 4.69) is 37.5 Å². The smallest absolute Gasteiger partial charge is 0.316 e. The van der Waals surface area contributed by atoms with Crippen molar-refractivity contribution in [2.24, 2.45) is 7.05 Å². The predicted molar refractivity (Wildman–Crippen MR) is 112 cm³/mol. The number of benzene rings is 1. The third-order valence-electron chi connectivity index (χ3n) is 5.09. The van der Waals surface area contributed by atoms with E-state index in [0.717, 1.165) is 36.4 Å². The van der Waals surface area contributed by atoms with Crippen LogP contribution in [0.1, 0.15) is 23.0 Å². The summed E-state index contributed by atoms with van der Waals surface area (Å²) in [7, 11) is 3.31. The molecule has 1 aliphatic rings. The Hall–Kier alpha value is -3.20. The van der Waals surface area contributed by atoms with Gasteiger partial charge in [0.15, 0.2) is 0 Å². The van der Waals surface area contributed by atoms with Crippen LogP contribution in [0.4, 0.5) is 11.5 Å². The third-order valence-corrected chi connectivity index (χ3v) is 5.09. The monoisotopic (exact) mass is 395 g/mol. The van der Waals surface area contributed by atoms with Crippen LogP contribution in [0.3, 0.4) is 0 Å². The van der Waals surface area contributed by atoms with Gasteiger partial charge in [-0.3, -0.25) is 9.48 Å². The molecule has 0 aliphatic carbocycles. The molecule has 9 heteroatoms. The lowest BCUT2D eigenvalue weighted by molar-refractivity contribution is 0.102. The SMILES string of the molecule is COc1ncc2c(N3CCNC(C)C3)ccc(C(=O)Nc3cc(C)nn3C)c2n1. The van der Waals surface area contributed by atoms with Crippen LogP contribution in [0.2, 0.25) is 0 Å². The largest absolute Gasteiger partial charge is 0.467 e. The molecule has 3 aromatic rings. The number of rotatable bonds is 4. The van der Waals surface area contributed by atoms with Gasteiger partial charge in [0.2, 0.25) is 0 Å². The van der Waals surface area contributed by atoms with Crippen molar-refractivity contribution in [3.8, 4) is 6.01 Å². The van der Waals surface area contributed by atoms with E-state index in [0.29, 0.717) is 22.9 Å². The van der Waals surface area contributed by atoms with Crippen LogP contribution in [0.15, 0.2) is 24.4 Å². The van der Waals surface area contributed by atoms with Crippen LogP contribution in [0.5, 0.6) is 6.01 Å². The molecule has 0 spiro atoms. The van der Waals surface area contributed by atoms with Crippen molar-refractivity contribution in [1.82, 2.24) is 25.1 Å². The van der Waals surface area contributed by atoms with Gasteiger partial charge in [-0.05, 0) is 26.0 Å². The van der Waals surface area contributed by atoms with Gasteiger partial charge in [-0.15, -0.1) is 0 Å². The fraction of sp³-hybridized carbons (Fsp3) is 0.400. The number of carbonyl (C=O) groups is 1. The van der Waals surface area contributed by atoms with Crippen LogP contribution in [0.25, 0.3) is 10.9 Å². The molecule has 4 rings (SSSR count). The van der Waals surface area contributed by atoms with Crippen LogP contribution in [0, 0.1) is 6.92 Å². The number of nitrogens with zero attached hydrogens (tertiary/aromatic N) is 5. The Morgan fingerprint density at radius 3 is 2.90 bits per heavy atom. The summed E-state index contributed by atoms with van der Waals surface area (Å²) in [4.78, 5) is 24.1. The first-order valence-electron chi connectivity index (χ1n) is 9.60. The topological polar surface area (TPSA) is 97.2 Å². The number of fused-ring (bicyclic) bond motifs is 1. The van der Waals surface area contributed by atoms with Gasteiger partial charge in [0, 0.05) is 56.1 Å². The number of piperazine rings is 1. The molecule has 0 bridgehead atoms. The molecule has 29 heavy (non-hydrogen) atoms. The average Bonchev–Trinajstić information content (AvgIpc) is 3.03. The minimum Gasteiger partial charge on any atom is -0.467 e. The lowest BCUT2D eigenvalue weighted by atomic mass is 10.1.